The zero-order chi connectivity index (χ0) is 8.81. The van der Waals surface area contributed by atoms with E-state index in [-0.39, 0.29) is 6.42 Å². The maximum atomic E-state index is 12.3. The van der Waals surface area contributed by atoms with E-state index in [2.05, 4.69) is 16.8 Å². The lowest BCUT2D eigenvalue weighted by Crippen LogP contribution is -1.82. The predicted octanol–water partition coefficient (Wildman–Crippen LogP) is 1.16. The summed E-state index contributed by atoms with van der Waals surface area (Å²) in [6.45, 7) is 0. The van der Waals surface area contributed by atoms with Crippen LogP contribution >= 0.6 is 0 Å². The van der Waals surface area contributed by atoms with Gasteiger partial charge in [-0.1, -0.05) is 11.8 Å². The van der Waals surface area contributed by atoms with Crippen molar-refractivity contribution in [3.8, 4) is 11.8 Å². The van der Waals surface area contributed by atoms with Crippen molar-refractivity contribution in [1.29, 1.82) is 0 Å². The molecule has 0 bridgehead atoms. The van der Waals surface area contributed by atoms with Crippen molar-refractivity contribution in [2.24, 2.45) is 0 Å². The van der Waals surface area contributed by atoms with E-state index >= 15 is 0 Å². The molecule has 0 aliphatic heterocycles. The Kier molecular flexibility index (Phi) is 2.97. The molecule has 0 N–H and O–H groups in total. The highest BCUT2D eigenvalue weighted by atomic mass is 19.1. The molecule has 12 heavy (non-hydrogen) atoms. The molecule has 0 saturated carbocycles. The van der Waals surface area contributed by atoms with Gasteiger partial charge in [0.1, 0.15) is 6.29 Å². The van der Waals surface area contributed by atoms with Gasteiger partial charge < -0.3 is 4.79 Å². The SMILES string of the molecule is O=CCC#Cc1ccc(F)nc1. The Morgan fingerprint density at radius 3 is 3.00 bits per heavy atom. The number of hydrogen-bond donors (Lipinski definition) is 0. The van der Waals surface area contributed by atoms with Gasteiger partial charge in [0.2, 0.25) is 5.95 Å². The maximum absolute atomic E-state index is 12.3. The summed E-state index contributed by atoms with van der Waals surface area (Å²) in [6.07, 6.45) is 2.23. The molecule has 2 nitrogen and oxygen atoms in total. The van der Waals surface area contributed by atoms with E-state index in [9.17, 15) is 9.18 Å². The van der Waals surface area contributed by atoms with Gasteiger partial charge in [0.25, 0.3) is 0 Å². The number of carbonyl (C=O) groups excluding carboxylic acids is 1. The van der Waals surface area contributed by atoms with Gasteiger partial charge in [-0.25, -0.2) is 4.98 Å². The monoisotopic (exact) mass is 163 g/mol. The molecule has 0 aliphatic rings. The summed E-state index contributed by atoms with van der Waals surface area (Å²) >= 11 is 0. The van der Waals surface area contributed by atoms with Crippen molar-refractivity contribution < 1.29 is 9.18 Å². The van der Waals surface area contributed by atoms with Gasteiger partial charge in [-0.05, 0) is 12.1 Å². The number of pyridine rings is 1. The highest BCUT2D eigenvalue weighted by Gasteiger charge is 1.88. The largest absolute Gasteiger partial charge is 0.302 e. The Morgan fingerprint density at radius 2 is 2.42 bits per heavy atom. The number of nitrogens with zero attached hydrogens (tertiary/aromatic N) is 1. The number of hydrogen-bond acceptors (Lipinski definition) is 2. The second kappa shape index (κ2) is 4.24. The van der Waals surface area contributed by atoms with Gasteiger partial charge in [0, 0.05) is 11.8 Å². The van der Waals surface area contributed by atoms with Gasteiger partial charge in [-0.3, -0.25) is 0 Å². The lowest BCUT2D eigenvalue weighted by molar-refractivity contribution is -0.107. The molecule has 1 aromatic heterocycles. The zero-order valence-electron chi connectivity index (χ0n) is 6.25. The van der Waals surface area contributed by atoms with E-state index in [1.807, 2.05) is 0 Å². The summed E-state index contributed by atoms with van der Waals surface area (Å²) in [5.74, 6) is 4.72. The third-order valence-electron chi connectivity index (χ3n) is 1.15. The van der Waals surface area contributed by atoms with Crippen molar-refractivity contribution in [3.63, 3.8) is 0 Å². The van der Waals surface area contributed by atoms with Crippen LogP contribution in [0.15, 0.2) is 18.3 Å². The fourth-order valence-corrected chi connectivity index (χ4v) is 0.645. The third-order valence-corrected chi connectivity index (χ3v) is 1.15. The molecule has 0 unspecified atom stereocenters. The van der Waals surface area contributed by atoms with Gasteiger partial charge in [0.15, 0.2) is 0 Å². The molecule has 0 radical (unpaired) electrons. The van der Waals surface area contributed by atoms with E-state index < -0.39 is 5.95 Å². The van der Waals surface area contributed by atoms with Crippen molar-refractivity contribution in [1.82, 2.24) is 4.98 Å². The molecule has 1 aromatic rings. The highest BCUT2D eigenvalue weighted by Crippen LogP contribution is 1.95. The van der Waals surface area contributed by atoms with Crippen LogP contribution in [0.1, 0.15) is 12.0 Å². The second-order valence-electron chi connectivity index (χ2n) is 2.04. The number of carbonyl (C=O) groups is 1. The lowest BCUT2D eigenvalue weighted by atomic mass is 10.3. The first-order valence-electron chi connectivity index (χ1n) is 3.37. The van der Waals surface area contributed by atoms with Crippen molar-refractivity contribution in [3.05, 3.63) is 29.8 Å². The van der Waals surface area contributed by atoms with Gasteiger partial charge in [0.05, 0.1) is 6.42 Å². The molecule has 1 heterocycles. The van der Waals surface area contributed by atoms with Crippen LogP contribution in [0.5, 0.6) is 0 Å². The predicted molar refractivity (Wildman–Crippen MR) is 41.8 cm³/mol. The number of aldehydes is 1. The molecule has 0 aliphatic carbocycles. The number of halogens is 1. The fourth-order valence-electron chi connectivity index (χ4n) is 0.645. The standard InChI is InChI=1S/C9H6FNO/c10-9-5-4-8(7-11-9)3-1-2-6-12/h4-7H,2H2. The number of aromatic nitrogens is 1. The highest BCUT2D eigenvalue weighted by molar-refractivity contribution is 5.54. The van der Waals surface area contributed by atoms with Crippen molar-refractivity contribution >= 4 is 6.29 Å². The molecule has 0 atom stereocenters. The second-order valence-corrected chi connectivity index (χ2v) is 2.04. The van der Waals surface area contributed by atoms with Crippen LogP contribution in [0.25, 0.3) is 0 Å². The average Bonchev–Trinajstić information content (AvgIpc) is 2.09. The molecule has 0 amide bonds. The van der Waals surface area contributed by atoms with E-state index in [1.165, 1.54) is 18.3 Å². The summed E-state index contributed by atoms with van der Waals surface area (Å²) in [6, 6.07) is 2.74. The molecule has 60 valence electrons. The van der Waals surface area contributed by atoms with Crippen molar-refractivity contribution in [2.45, 2.75) is 6.42 Å². The first-order chi connectivity index (χ1) is 5.83. The summed E-state index contributed by atoms with van der Waals surface area (Å²) < 4.78 is 12.3. The molecule has 0 saturated heterocycles. The van der Waals surface area contributed by atoms with Gasteiger partial charge >= 0.3 is 0 Å². The minimum Gasteiger partial charge on any atom is -0.302 e. The minimum absolute atomic E-state index is 0.192. The normalized spacial score (nSPS) is 8.42. The summed E-state index contributed by atoms with van der Waals surface area (Å²) in [4.78, 5) is 13.3. The minimum atomic E-state index is -0.532. The topological polar surface area (TPSA) is 30.0 Å². The Hall–Kier alpha value is -1.69. The van der Waals surface area contributed by atoms with E-state index in [0.29, 0.717) is 11.8 Å². The van der Waals surface area contributed by atoms with Crippen LogP contribution in [-0.4, -0.2) is 11.3 Å². The molecular formula is C9H6FNO. The fraction of sp³-hybridized carbons (Fsp3) is 0.111. The van der Waals surface area contributed by atoms with E-state index in [0.717, 1.165) is 0 Å². The molecular weight excluding hydrogens is 157 g/mol. The lowest BCUT2D eigenvalue weighted by Gasteiger charge is -1.87. The van der Waals surface area contributed by atoms with Gasteiger partial charge in [-0.2, -0.15) is 4.39 Å². The Balaban J connectivity index is 2.72. The summed E-state index contributed by atoms with van der Waals surface area (Å²) in [5.41, 5.74) is 0.609. The summed E-state index contributed by atoms with van der Waals surface area (Å²) in [7, 11) is 0. The average molecular weight is 163 g/mol. The van der Waals surface area contributed by atoms with Crippen LogP contribution in [0.2, 0.25) is 0 Å². The first kappa shape index (κ1) is 8.41. The Morgan fingerprint density at radius 1 is 1.58 bits per heavy atom. The van der Waals surface area contributed by atoms with Crippen LogP contribution < -0.4 is 0 Å². The molecule has 0 spiro atoms. The van der Waals surface area contributed by atoms with E-state index in [4.69, 9.17) is 0 Å². The van der Waals surface area contributed by atoms with Crippen LogP contribution in [0.3, 0.4) is 0 Å². The van der Waals surface area contributed by atoms with Crippen LogP contribution in [0.4, 0.5) is 4.39 Å². The van der Waals surface area contributed by atoms with E-state index in [1.54, 1.807) is 0 Å². The van der Waals surface area contributed by atoms with Crippen molar-refractivity contribution in [2.75, 3.05) is 0 Å². The number of rotatable bonds is 1. The Bertz CT molecular complexity index is 321. The Labute approximate surface area is 69.4 Å². The maximum Gasteiger partial charge on any atom is 0.212 e. The smallest absolute Gasteiger partial charge is 0.212 e. The third kappa shape index (κ3) is 2.51. The molecule has 1 rings (SSSR count). The quantitative estimate of drug-likeness (QED) is 0.353. The molecule has 3 heteroatoms. The first-order valence-corrected chi connectivity index (χ1v) is 3.37. The summed E-state index contributed by atoms with van der Waals surface area (Å²) in [5, 5.41) is 0. The van der Waals surface area contributed by atoms with Crippen LogP contribution in [0, 0.1) is 17.8 Å². The molecule has 0 aromatic carbocycles. The molecule has 0 fully saturated rings. The van der Waals surface area contributed by atoms with Crippen LogP contribution in [-0.2, 0) is 4.79 Å². The van der Waals surface area contributed by atoms with Gasteiger partial charge in [-0.15, -0.1) is 0 Å². The zero-order valence-corrected chi connectivity index (χ0v) is 6.25.